The molecule has 3 aromatic heterocycles. The van der Waals surface area contributed by atoms with Gasteiger partial charge in [-0.15, -0.1) is 11.3 Å². The van der Waals surface area contributed by atoms with Crippen molar-refractivity contribution in [3.8, 4) is 6.07 Å². The van der Waals surface area contributed by atoms with Gasteiger partial charge in [-0.1, -0.05) is 27.2 Å². The smallest absolute Gasteiger partial charge is 0.275 e. The van der Waals surface area contributed by atoms with Crippen LogP contribution in [0, 0.1) is 29.6 Å². The number of nitrogens with zero attached hydrogens (tertiary/aromatic N) is 5. The van der Waals surface area contributed by atoms with Gasteiger partial charge >= 0.3 is 0 Å². The lowest BCUT2D eigenvalue weighted by Crippen LogP contribution is -2.28. The number of thiophene rings is 1. The second kappa shape index (κ2) is 7.23. The molecule has 0 bridgehead atoms. The summed E-state index contributed by atoms with van der Waals surface area (Å²) in [5, 5.41) is 17.4. The van der Waals surface area contributed by atoms with Crippen LogP contribution in [-0.2, 0) is 12.8 Å². The van der Waals surface area contributed by atoms with Crippen LogP contribution in [0.15, 0.2) is 12.4 Å². The number of fused-ring (bicyclic) bond motifs is 2. The molecule has 0 aliphatic heterocycles. The molecule has 150 valence electrons. The third kappa shape index (κ3) is 3.40. The molecule has 0 spiro atoms. The summed E-state index contributed by atoms with van der Waals surface area (Å²) in [6.07, 6.45) is 5.43. The zero-order chi connectivity index (χ0) is 20.8. The molecule has 3 heterocycles. The molecule has 0 aromatic carbocycles. The Kier molecular flexibility index (Phi) is 4.87. The van der Waals surface area contributed by atoms with Gasteiger partial charge in [0, 0.05) is 10.6 Å². The Hall–Kier alpha value is -2.79. The minimum atomic E-state index is -0.313. The number of amides is 1. The van der Waals surface area contributed by atoms with Crippen LogP contribution >= 0.6 is 11.3 Å². The van der Waals surface area contributed by atoms with Gasteiger partial charge in [-0.05, 0) is 49.1 Å². The van der Waals surface area contributed by atoms with E-state index >= 15 is 0 Å². The monoisotopic (exact) mass is 408 g/mol. The van der Waals surface area contributed by atoms with E-state index in [4.69, 9.17) is 0 Å². The molecule has 4 rings (SSSR count). The highest BCUT2D eigenvalue weighted by Gasteiger charge is 2.34. The number of carbonyl (C=O) groups excluding carboxylic acids is 1. The normalized spacial score (nSPS) is 16.4. The summed E-state index contributed by atoms with van der Waals surface area (Å²) < 4.78 is 1.42. The Balaban J connectivity index is 1.66. The van der Waals surface area contributed by atoms with Crippen LogP contribution < -0.4 is 5.32 Å². The molecule has 1 aliphatic carbocycles. The number of aromatic nitrogens is 4. The van der Waals surface area contributed by atoms with Crippen molar-refractivity contribution in [1.29, 1.82) is 5.26 Å². The molecule has 1 N–H and O–H groups in total. The molecule has 1 unspecified atom stereocenters. The lowest BCUT2D eigenvalue weighted by atomic mass is 9.69. The van der Waals surface area contributed by atoms with E-state index < -0.39 is 0 Å². The summed E-state index contributed by atoms with van der Waals surface area (Å²) in [6.45, 7) is 8.68. The van der Waals surface area contributed by atoms with Crippen molar-refractivity contribution in [2.24, 2.45) is 11.3 Å². The van der Waals surface area contributed by atoms with Gasteiger partial charge in [-0.25, -0.2) is 4.98 Å². The average molecular weight is 409 g/mol. The van der Waals surface area contributed by atoms with Crippen molar-refractivity contribution in [3.63, 3.8) is 0 Å². The SMILES string of the molecule is CCC(C)(C)C1CCc2c(sc(NC(=O)c3cc(C)nc4ncnn34)c2C#N)C1. The van der Waals surface area contributed by atoms with Crippen molar-refractivity contribution >= 4 is 28.0 Å². The van der Waals surface area contributed by atoms with Crippen molar-refractivity contribution in [2.45, 2.75) is 53.4 Å². The summed E-state index contributed by atoms with van der Waals surface area (Å²) in [6, 6.07) is 4.00. The van der Waals surface area contributed by atoms with Gasteiger partial charge in [0.2, 0.25) is 0 Å². The van der Waals surface area contributed by atoms with Crippen molar-refractivity contribution < 1.29 is 4.79 Å². The molecule has 1 atom stereocenters. The second-order valence-corrected chi connectivity index (χ2v) is 9.42. The Bertz CT molecular complexity index is 1140. The first-order chi connectivity index (χ1) is 13.8. The van der Waals surface area contributed by atoms with E-state index in [-0.39, 0.29) is 11.3 Å². The van der Waals surface area contributed by atoms with E-state index in [1.807, 2.05) is 6.92 Å². The average Bonchev–Trinajstić information content (AvgIpc) is 3.30. The van der Waals surface area contributed by atoms with Crippen molar-refractivity contribution in [1.82, 2.24) is 19.6 Å². The fourth-order valence-corrected chi connectivity index (χ4v) is 5.28. The number of hydrogen-bond donors (Lipinski definition) is 1. The minimum Gasteiger partial charge on any atom is -0.311 e. The maximum atomic E-state index is 13.0. The van der Waals surface area contributed by atoms with Gasteiger partial charge in [0.05, 0.1) is 5.56 Å². The first kappa shape index (κ1) is 19.5. The molecule has 0 saturated carbocycles. The molecule has 1 amide bonds. The number of rotatable bonds is 4. The largest absolute Gasteiger partial charge is 0.311 e. The number of hydrogen-bond acceptors (Lipinski definition) is 6. The van der Waals surface area contributed by atoms with Crippen LogP contribution in [0.25, 0.3) is 5.78 Å². The van der Waals surface area contributed by atoms with E-state index in [2.05, 4.69) is 47.2 Å². The minimum absolute atomic E-state index is 0.269. The Morgan fingerprint density at radius 2 is 2.28 bits per heavy atom. The highest BCUT2D eigenvalue weighted by Crippen LogP contribution is 2.45. The van der Waals surface area contributed by atoms with E-state index in [1.165, 1.54) is 27.1 Å². The van der Waals surface area contributed by atoms with Crippen LogP contribution in [0.5, 0.6) is 0 Å². The van der Waals surface area contributed by atoms with Crippen LogP contribution in [0.3, 0.4) is 0 Å². The van der Waals surface area contributed by atoms with Crippen LogP contribution in [-0.4, -0.2) is 25.5 Å². The molecule has 1 aliphatic rings. The van der Waals surface area contributed by atoms with Gasteiger partial charge in [0.1, 0.15) is 23.1 Å². The van der Waals surface area contributed by atoms with E-state index in [9.17, 15) is 10.1 Å². The van der Waals surface area contributed by atoms with Gasteiger partial charge in [-0.2, -0.15) is 19.9 Å². The van der Waals surface area contributed by atoms with Gasteiger partial charge in [-0.3, -0.25) is 4.79 Å². The maximum absolute atomic E-state index is 13.0. The molecular formula is C21H24N6OS. The third-order valence-electron chi connectivity index (χ3n) is 6.23. The maximum Gasteiger partial charge on any atom is 0.275 e. The molecule has 8 heteroatoms. The Morgan fingerprint density at radius 3 is 3.00 bits per heavy atom. The van der Waals surface area contributed by atoms with Crippen LogP contribution in [0.4, 0.5) is 5.00 Å². The number of nitrogens with one attached hydrogen (secondary N) is 1. The fraction of sp³-hybridized carbons (Fsp3) is 0.476. The zero-order valence-corrected chi connectivity index (χ0v) is 17.9. The molecule has 7 nitrogen and oxygen atoms in total. The predicted molar refractivity (Wildman–Crippen MR) is 112 cm³/mol. The van der Waals surface area contributed by atoms with E-state index in [1.54, 1.807) is 6.07 Å². The summed E-state index contributed by atoms with van der Waals surface area (Å²) in [5.41, 5.74) is 3.02. The highest BCUT2D eigenvalue weighted by molar-refractivity contribution is 7.16. The lowest BCUT2D eigenvalue weighted by molar-refractivity contribution is 0.102. The first-order valence-corrected chi connectivity index (χ1v) is 10.7. The van der Waals surface area contributed by atoms with Crippen LogP contribution in [0.1, 0.15) is 65.8 Å². The van der Waals surface area contributed by atoms with Gasteiger partial charge in [0.25, 0.3) is 11.7 Å². The molecule has 0 radical (unpaired) electrons. The summed E-state index contributed by atoms with van der Waals surface area (Å²) >= 11 is 1.54. The second-order valence-electron chi connectivity index (χ2n) is 8.31. The van der Waals surface area contributed by atoms with Crippen molar-refractivity contribution in [3.05, 3.63) is 39.8 Å². The standard InChI is InChI=1S/C21H24N6OS/c1-5-21(3,4)13-6-7-14-15(10-22)19(29-17(14)9-13)26-18(28)16-8-12(2)25-20-23-11-24-27(16)20/h8,11,13H,5-7,9H2,1-4H3,(H,26,28). The Labute approximate surface area is 173 Å². The van der Waals surface area contributed by atoms with Crippen molar-refractivity contribution in [2.75, 3.05) is 5.32 Å². The summed E-state index contributed by atoms with van der Waals surface area (Å²) in [4.78, 5) is 22.6. The summed E-state index contributed by atoms with van der Waals surface area (Å²) in [5.74, 6) is 0.656. The number of aryl methyl sites for hydroxylation is 1. The quantitative estimate of drug-likeness (QED) is 0.699. The third-order valence-corrected chi connectivity index (χ3v) is 7.40. The molecule has 29 heavy (non-hydrogen) atoms. The van der Waals surface area contributed by atoms with Crippen LogP contribution in [0.2, 0.25) is 0 Å². The molecule has 0 fully saturated rings. The topological polar surface area (TPSA) is 96.0 Å². The highest BCUT2D eigenvalue weighted by atomic mass is 32.1. The predicted octanol–water partition coefficient (Wildman–Crippen LogP) is 4.16. The number of carbonyl (C=O) groups is 1. The fourth-order valence-electron chi connectivity index (χ4n) is 4.01. The molecule has 3 aromatic rings. The summed E-state index contributed by atoms with van der Waals surface area (Å²) in [7, 11) is 0. The number of nitriles is 1. The van der Waals surface area contributed by atoms with Gasteiger partial charge in [0.15, 0.2) is 0 Å². The molecular weight excluding hydrogens is 384 g/mol. The lowest BCUT2D eigenvalue weighted by Gasteiger charge is -2.36. The first-order valence-electron chi connectivity index (χ1n) is 9.87. The molecule has 0 saturated heterocycles. The zero-order valence-electron chi connectivity index (χ0n) is 17.1. The van der Waals surface area contributed by atoms with E-state index in [0.29, 0.717) is 33.6 Å². The van der Waals surface area contributed by atoms with E-state index in [0.717, 1.165) is 31.2 Å². The Morgan fingerprint density at radius 1 is 1.48 bits per heavy atom. The van der Waals surface area contributed by atoms with Gasteiger partial charge < -0.3 is 5.32 Å². The number of anilines is 1.